The number of anilines is 1. The predicted molar refractivity (Wildman–Crippen MR) is 91.4 cm³/mol. The first-order valence-electron chi connectivity index (χ1n) is 8.23. The minimum atomic E-state index is 0.0394. The Balaban J connectivity index is 1.59. The van der Waals surface area contributed by atoms with Gasteiger partial charge < -0.3 is 5.32 Å². The van der Waals surface area contributed by atoms with E-state index in [-0.39, 0.29) is 5.91 Å². The topological polar surface area (TPSA) is 61.0 Å². The van der Waals surface area contributed by atoms with Crippen LogP contribution in [-0.2, 0) is 11.2 Å². The van der Waals surface area contributed by atoms with Gasteiger partial charge in [-0.1, -0.05) is 30.3 Å². The lowest BCUT2D eigenvalue weighted by Crippen LogP contribution is -2.38. The minimum absolute atomic E-state index is 0.0394. The van der Waals surface area contributed by atoms with E-state index < -0.39 is 0 Å². The fourth-order valence-corrected chi connectivity index (χ4v) is 3.32. The Bertz CT molecular complexity index is 645. The molecule has 5 heteroatoms. The molecule has 1 fully saturated rings. The monoisotopic (exact) mass is 312 g/mol. The van der Waals surface area contributed by atoms with Crippen molar-refractivity contribution in [3.05, 3.63) is 47.3 Å². The molecule has 1 aliphatic rings. The summed E-state index contributed by atoms with van der Waals surface area (Å²) in [7, 11) is 0. The van der Waals surface area contributed by atoms with Crippen molar-refractivity contribution in [2.45, 2.75) is 39.2 Å². The van der Waals surface area contributed by atoms with Crippen molar-refractivity contribution in [2.75, 3.05) is 18.4 Å². The maximum atomic E-state index is 12.4. The molecule has 0 saturated carbocycles. The van der Waals surface area contributed by atoms with Gasteiger partial charge in [0.05, 0.1) is 23.6 Å². The van der Waals surface area contributed by atoms with E-state index in [0.29, 0.717) is 12.6 Å². The van der Waals surface area contributed by atoms with E-state index in [0.717, 1.165) is 42.9 Å². The van der Waals surface area contributed by atoms with Gasteiger partial charge in [-0.2, -0.15) is 5.10 Å². The smallest absolute Gasteiger partial charge is 0.238 e. The van der Waals surface area contributed by atoms with Gasteiger partial charge in [0.1, 0.15) is 0 Å². The largest absolute Gasteiger partial charge is 0.322 e. The van der Waals surface area contributed by atoms with Gasteiger partial charge >= 0.3 is 0 Å². The number of aromatic amines is 1. The molecular formula is C18H24N4O. The van der Waals surface area contributed by atoms with Crippen molar-refractivity contribution in [1.29, 1.82) is 0 Å². The Hall–Kier alpha value is -2.14. The Morgan fingerprint density at radius 2 is 2.13 bits per heavy atom. The Morgan fingerprint density at radius 3 is 2.83 bits per heavy atom. The zero-order valence-corrected chi connectivity index (χ0v) is 13.8. The zero-order chi connectivity index (χ0) is 16.2. The van der Waals surface area contributed by atoms with E-state index in [9.17, 15) is 4.79 Å². The number of carbonyl (C=O) groups excluding carboxylic acids is 1. The average molecular weight is 312 g/mol. The van der Waals surface area contributed by atoms with E-state index in [1.165, 1.54) is 5.56 Å². The van der Waals surface area contributed by atoms with Gasteiger partial charge in [-0.25, -0.2) is 0 Å². The van der Waals surface area contributed by atoms with Crippen molar-refractivity contribution in [2.24, 2.45) is 0 Å². The molecule has 0 unspecified atom stereocenters. The van der Waals surface area contributed by atoms with Crippen LogP contribution in [0.2, 0.25) is 0 Å². The third-order valence-corrected chi connectivity index (χ3v) is 4.55. The van der Waals surface area contributed by atoms with Gasteiger partial charge in [0, 0.05) is 6.04 Å². The second kappa shape index (κ2) is 6.96. The van der Waals surface area contributed by atoms with Gasteiger partial charge in [-0.05, 0) is 45.2 Å². The molecule has 122 valence electrons. The summed E-state index contributed by atoms with van der Waals surface area (Å²) in [6, 6.07) is 11.0. The van der Waals surface area contributed by atoms with E-state index in [1.54, 1.807) is 0 Å². The van der Waals surface area contributed by atoms with Crippen molar-refractivity contribution in [1.82, 2.24) is 15.1 Å². The number of nitrogens with one attached hydrogen (secondary N) is 2. The van der Waals surface area contributed by atoms with Crippen LogP contribution in [0, 0.1) is 13.8 Å². The number of aryl methyl sites for hydroxylation is 2. The molecule has 23 heavy (non-hydrogen) atoms. The number of aromatic nitrogens is 2. The van der Waals surface area contributed by atoms with Crippen molar-refractivity contribution in [3.63, 3.8) is 0 Å². The summed E-state index contributed by atoms with van der Waals surface area (Å²) in [5, 5.41) is 10.0. The molecule has 1 aromatic heterocycles. The highest BCUT2D eigenvalue weighted by atomic mass is 16.2. The Morgan fingerprint density at radius 1 is 1.35 bits per heavy atom. The van der Waals surface area contributed by atoms with Crippen LogP contribution in [0.5, 0.6) is 0 Å². The molecule has 5 nitrogen and oxygen atoms in total. The van der Waals surface area contributed by atoms with Crippen molar-refractivity contribution >= 4 is 11.6 Å². The number of rotatable bonds is 5. The first-order chi connectivity index (χ1) is 11.1. The third-order valence-electron chi connectivity index (χ3n) is 4.55. The molecule has 0 radical (unpaired) electrons. The molecule has 1 amide bonds. The molecule has 1 saturated heterocycles. The van der Waals surface area contributed by atoms with Crippen LogP contribution in [0.1, 0.15) is 29.8 Å². The van der Waals surface area contributed by atoms with Crippen molar-refractivity contribution < 1.29 is 4.79 Å². The molecule has 3 rings (SSSR count). The molecular weight excluding hydrogens is 288 g/mol. The summed E-state index contributed by atoms with van der Waals surface area (Å²) < 4.78 is 0. The van der Waals surface area contributed by atoms with E-state index in [4.69, 9.17) is 0 Å². The standard InChI is InChI=1S/C18H24N4O/c1-13-18(14(2)21-20-13)19-17(23)12-22-10-6-9-16(22)11-15-7-4-3-5-8-15/h3-5,7-8,16H,6,9-12H2,1-2H3,(H,19,23)(H,20,21)/t16-/m1/s1. The molecule has 1 aromatic carbocycles. The average Bonchev–Trinajstić information content (AvgIpc) is 3.10. The van der Waals surface area contributed by atoms with Gasteiger partial charge in [0.15, 0.2) is 0 Å². The number of nitrogens with zero attached hydrogens (tertiary/aromatic N) is 2. The normalized spacial score (nSPS) is 18.3. The lowest BCUT2D eigenvalue weighted by molar-refractivity contribution is -0.117. The molecule has 2 N–H and O–H groups in total. The highest BCUT2D eigenvalue weighted by Gasteiger charge is 2.26. The van der Waals surface area contributed by atoms with Gasteiger partial charge in [-0.3, -0.25) is 14.8 Å². The molecule has 1 aliphatic heterocycles. The maximum absolute atomic E-state index is 12.4. The lowest BCUT2D eigenvalue weighted by atomic mass is 10.0. The molecule has 2 aromatic rings. The molecule has 1 atom stereocenters. The minimum Gasteiger partial charge on any atom is -0.322 e. The van der Waals surface area contributed by atoms with Crippen LogP contribution in [-0.4, -0.2) is 40.1 Å². The Labute approximate surface area is 137 Å². The number of likely N-dealkylation sites (tertiary alicyclic amines) is 1. The molecule has 0 bridgehead atoms. The van der Waals surface area contributed by atoms with Crippen LogP contribution in [0.4, 0.5) is 5.69 Å². The first kappa shape index (κ1) is 15.7. The molecule has 0 spiro atoms. The van der Waals surface area contributed by atoms with Gasteiger partial charge in [0.25, 0.3) is 0 Å². The summed E-state index contributed by atoms with van der Waals surface area (Å²) in [5.74, 6) is 0.0394. The number of hydrogen-bond donors (Lipinski definition) is 2. The highest BCUT2D eigenvalue weighted by molar-refractivity contribution is 5.93. The van der Waals surface area contributed by atoms with Crippen LogP contribution in [0.15, 0.2) is 30.3 Å². The number of H-pyrrole nitrogens is 1. The Kier molecular flexibility index (Phi) is 4.76. The van der Waals surface area contributed by atoms with Gasteiger partial charge in [0.2, 0.25) is 5.91 Å². The molecule has 0 aliphatic carbocycles. The summed E-state index contributed by atoms with van der Waals surface area (Å²) in [6.45, 7) is 5.26. The van der Waals surface area contributed by atoms with Crippen LogP contribution >= 0.6 is 0 Å². The number of hydrogen-bond acceptors (Lipinski definition) is 3. The van der Waals surface area contributed by atoms with E-state index in [2.05, 4.69) is 44.7 Å². The second-order valence-electron chi connectivity index (χ2n) is 6.31. The van der Waals surface area contributed by atoms with Crippen molar-refractivity contribution in [3.8, 4) is 0 Å². The van der Waals surface area contributed by atoms with Gasteiger partial charge in [-0.15, -0.1) is 0 Å². The van der Waals surface area contributed by atoms with Crippen LogP contribution < -0.4 is 5.32 Å². The third kappa shape index (κ3) is 3.79. The molecule has 2 heterocycles. The first-order valence-corrected chi connectivity index (χ1v) is 8.23. The summed E-state index contributed by atoms with van der Waals surface area (Å²) in [4.78, 5) is 14.7. The zero-order valence-electron chi connectivity index (χ0n) is 13.8. The lowest BCUT2D eigenvalue weighted by Gasteiger charge is -2.24. The predicted octanol–water partition coefficient (Wildman–Crippen LogP) is 2.67. The summed E-state index contributed by atoms with van der Waals surface area (Å²) in [6.07, 6.45) is 3.33. The number of amides is 1. The maximum Gasteiger partial charge on any atom is 0.238 e. The van der Waals surface area contributed by atoms with E-state index in [1.807, 2.05) is 19.9 Å². The fourth-order valence-electron chi connectivity index (χ4n) is 3.32. The van der Waals surface area contributed by atoms with E-state index >= 15 is 0 Å². The summed E-state index contributed by atoms with van der Waals surface area (Å²) >= 11 is 0. The van der Waals surface area contributed by atoms with Crippen LogP contribution in [0.25, 0.3) is 0 Å². The quantitative estimate of drug-likeness (QED) is 0.892. The summed E-state index contributed by atoms with van der Waals surface area (Å²) in [5.41, 5.74) is 3.89. The highest BCUT2D eigenvalue weighted by Crippen LogP contribution is 2.21. The number of carbonyl (C=O) groups is 1. The number of benzene rings is 1. The second-order valence-corrected chi connectivity index (χ2v) is 6.31. The SMILES string of the molecule is Cc1n[nH]c(C)c1NC(=O)CN1CCC[C@@H]1Cc1ccccc1. The van der Waals surface area contributed by atoms with Crippen LogP contribution in [0.3, 0.4) is 0 Å². The fraction of sp³-hybridized carbons (Fsp3) is 0.444.